The van der Waals surface area contributed by atoms with Crippen LogP contribution >= 0.6 is 23.1 Å². The van der Waals surface area contributed by atoms with Gasteiger partial charge in [0.05, 0.1) is 29.3 Å². The molecule has 2 aromatic rings. The number of anilines is 1. The maximum Gasteiger partial charge on any atom is 0.228 e. The standard InChI is InChI=1S/C20H27N3O3S2/c1-23-8-2-4-14(13-23)19(24)21-15-5-6-16-17(12-15)28-20(22-16)27-11-7-18-25-9-3-10-26-18/h5-6,12,14,18H,2-4,7-11,13H2,1H3,(H,21,24). The molecule has 1 aromatic carbocycles. The van der Waals surface area contributed by atoms with E-state index in [2.05, 4.69) is 17.3 Å². The van der Waals surface area contributed by atoms with Crippen molar-refractivity contribution in [2.45, 2.75) is 36.3 Å². The van der Waals surface area contributed by atoms with E-state index in [0.717, 1.165) is 78.0 Å². The Hall–Kier alpha value is -1.19. The van der Waals surface area contributed by atoms with E-state index < -0.39 is 0 Å². The second-order valence-corrected chi connectivity index (χ2v) is 9.79. The van der Waals surface area contributed by atoms with Gasteiger partial charge in [-0.05, 0) is 51.1 Å². The highest BCUT2D eigenvalue weighted by atomic mass is 32.2. The molecule has 6 nitrogen and oxygen atoms in total. The predicted octanol–water partition coefficient (Wildman–Crippen LogP) is 3.82. The molecule has 1 unspecified atom stereocenters. The van der Waals surface area contributed by atoms with Crippen molar-refractivity contribution in [3.63, 3.8) is 0 Å². The third-order valence-electron chi connectivity index (χ3n) is 5.11. The maximum absolute atomic E-state index is 12.6. The molecule has 28 heavy (non-hydrogen) atoms. The molecule has 8 heteroatoms. The molecule has 2 saturated heterocycles. The van der Waals surface area contributed by atoms with Crippen LogP contribution in [-0.4, -0.2) is 61.2 Å². The van der Waals surface area contributed by atoms with Crippen molar-refractivity contribution in [3.8, 4) is 0 Å². The first-order valence-corrected chi connectivity index (χ1v) is 11.7. The van der Waals surface area contributed by atoms with Crippen LogP contribution in [0.5, 0.6) is 0 Å². The summed E-state index contributed by atoms with van der Waals surface area (Å²) in [4.78, 5) is 19.5. The second kappa shape index (κ2) is 9.54. The van der Waals surface area contributed by atoms with E-state index in [0.29, 0.717) is 0 Å². The number of hydrogen-bond donors (Lipinski definition) is 1. The number of carbonyl (C=O) groups excluding carboxylic acids is 1. The summed E-state index contributed by atoms with van der Waals surface area (Å²) in [5.74, 6) is 1.12. The van der Waals surface area contributed by atoms with Gasteiger partial charge in [-0.25, -0.2) is 4.98 Å². The summed E-state index contributed by atoms with van der Waals surface area (Å²) in [6, 6.07) is 5.98. The predicted molar refractivity (Wildman–Crippen MR) is 114 cm³/mol. The number of likely N-dealkylation sites (tertiary alicyclic amines) is 1. The Morgan fingerprint density at radius 1 is 1.36 bits per heavy atom. The van der Waals surface area contributed by atoms with Crippen LogP contribution in [-0.2, 0) is 14.3 Å². The Morgan fingerprint density at radius 2 is 2.21 bits per heavy atom. The maximum atomic E-state index is 12.6. The lowest BCUT2D eigenvalue weighted by Crippen LogP contribution is -2.38. The van der Waals surface area contributed by atoms with Gasteiger partial charge in [-0.3, -0.25) is 4.79 Å². The van der Waals surface area contributed by atoms with Gasteiger partial charge in [0.25, 0.3) is 0 Å². The lowest BCUT2D eigenvalue weighted by atomic mass is 9.97. The van der Waals surface area contributed by atoms with Crippen molar-refractivity contribution in [3.05, 3.63) is 18.2 Å². The Bertz CT molecular complexity index is 807. The van der Waals surface area contributed by atoms with Crippen molar-refractivity contribution in [2.24, 2.45) is 5.92 Å². The number of rotatable bonds is 6. The number of nitrogens with zero attached hydrogens (tertiary/aromatic N) is 2. The fourth-order valence-electron chi connectivity index (χ4n) is 3.61. The third-order valence-corrected chi connectivity index (χ3v) is 7.30. The minimum absolute atomic E-state index is 0.0729. The normalized spacial score (nSPS) is 21.8. The van der Waals surface area contributed by atoms with Gasteiger partial charge >= 0.3 is 0 Å². The molecule has 0 radical (unpaired) electrons. The average molecular weight is 422 g/mol. The van der Waals surface area contributed by atoms with Crippen molar-refractivity contribution in [2.75, 3.05) is 44.4 Å². The molecule has 2 fully saturated rings. The molecule has 1 aromatic heterocycles. The molecule has 0 bridgehead atoms. The summed E-state index contributed by atoms with van der Waals surface area (Å²) in [6.07, 6.45) is 3.83. The number of ether oxygens (including phenoxy) is 2. The fourth-order valence-corrected chi connectivity index (χ4v) is 5.75. The molecule has 3 heterocycles. The SMILES string of the molecule is CN1CCCC(C(=O)Nc2ccc3nc(SCCC4OCCCO4)sc3c2)C1. The Morgan fingerprint density at radius 3 is 3.04 bits per heavy atom. The molecule has 152 valence electrons. The van der Waals surface area contributed by atoms with Gasteiger partial charge in [0.2, 0.25) is 5.91 Å². The first kappa shape index (κ1) is 20.1. The molecular weight excluding hydrogens is 394 g/mol. The minimum Gasteiger partial charge on any atom is -0.353 e. The number of aromatic nitrogens is 1. The number of nitrogens with one attached hydrogen (secondary N) is 1. The van der Waals surface area contributed by atoms with E-state index in [-0.39, 0.29) is 18.1 Å². The molecule has 1 atom stereocenters. The fraction of sp³-hybridized carbons (Fsp3) is 0.600. The third kappa shape index (κ3) is 5.24. The highest BCUT2D eigenvalue weighted by Gasteiger charge is 2.24. The Balaban J connectivity index is 1.33. The Labute approximate surface area is 174 Å². The number of carbonyl (C=O) groups is 1. The van der Waals surface area contributed by atoms with E-state index in [4.69, 9.17) is 14.5 Å². The highest BCUT2D eigenvalue weighted by molar-refractivity contribution is 8.01. The van der Waals surface area contributed by atoms with Gasteiger partial charge in [-0.15, -0.1) is 11.3 Å². The van der Waals surface area contributed by atoms with Gasteiger partial charge in [-0.2, -0.15) is 0 Å². The molecule has 0 aliphatic carbocycles. The number of hydrogen-bond acceptors (Lipinski definition) is 7. The van der Waals surface area contributed by atoms with E-state index in [9.17, 15) is 4.79 Å². The lowest BCUT2D eigenvalue weighted by molar-refractivity contribution is -0.178. The summed E-state index contributed by atoms with van der Waals surface area (Å²) in [5.41, 5.74) is 1.84. The van der Waals surface area contributed by atoms with Crippen LogP contribution in [0.1, 0.15) is 25.7 Å². The van der Waals surface area contributed by atoms with E-state index in [1.807, 2.05) is 18.2 Å². The van der Waals surface area contributed by atoms with Crippen LogP contribution < -0.4 is 5.32 Å². The largest absolute Gasteiger partial charge is 0.353 e. The molecular formula is C20H27N3O3S2. The molecule has 2 aliphatic rings. The summed E-state index contributed by atoms with van der Waals surface area (Å²) >= 11 is 3.41. The smallest absolute Gasteiger partial charge is 0.228 e. The first-order valence-electron chi connectivity index (χ1n) is 9.93. The quantitative estimate of drug-likeness (QED) is 0.716. The summed E-state index contributed by atoms with van der Waals surface area (Å²) in [6.45, 7) is 3.50. The minimum atomic E-state index is -0.0729. The van der Waals surface area contributed by atoms with Crippen LogP contribution in [0.25, 0.3) is 10.2 Å². The number of thioether (sulfide) groups is 1. The van der Waals surface area contributed by atoms with Gasteiger partial charge < -0.3 is 19.7 Å². The van der Waals surface area contributed by atoms with E-state index >= 15 is 0 Å². The summed E-state index contributed by atoms with van der Waals surface area (Å²) in [7, 11) is 2.08. The zero-order chi connectivity index (χ0) is 19.3. The van der Waals surface area contributed by atoms with Crippen molar-refractivity contribution in [1.29, 1.82) is 0 Å². The number of benzene rings is 1. The number of fused-ring (bicyclic) bond motifs is 1. The van der Waals surface area contributed by atoms with Crippen molar-refractivity contribution >= 4 is 44.9 Å². The zero-order valence-electron chi connectivity index (χ0n) is 16.2. The topological polar surface area (TPSA) is 63.7 Å². The van der Waals surface area contributed by atoms with Gasteiger partial charge in [0.1, 0.15) is 0 Å². The lowest BCUT2D eigenvalue weighted by Gasteiger charge is -2.28. The average Bonchev–Trinajstić information content (AvgIpc) is 3.11. The molecule has 4 rings (SSSR count). The van der Waals surface area contributed by atoms with E-state index in [1.165, 1.54) is 0 Å². The molecule has 2 aliphatic heterocycles. The number of thiazole rings is 1. The summed E-state index contributed by atoms with van der Waals surface area (Å²) < 4.78 is 13.3. The molecule has 1 amide bonds. The van der Waals surface area contributed by atoms with Crippen LogP contribution in [0.15, 0.2) is 22.5 Å². The van der Waals surface area contributed by atoms with Crippen LogP contribution in [0.2, 0.25) is 0 Å². The van der Waals surface area contributed by atoms with E-state index in [1.54, 1.807) is 23.1 Å². The monoisotopic (exact) mass is 421 g/mol. The summed E-state index contributed by atoms with van der Waals surface area (Å²) in [5, 5.41) is 3.09. The highest BCUT2D eigenvalue weighted by Crippen LogP contribution is 2.32. The number of amides is 1. The van der Waals surface area contributed by atoms with Crippen LogP contribution in [0.3, 0.4) is 0 Å². The van der Waals surface area contributed by atoms with Crippen molar-refractivity contribution in [1.82, 2.24) is 9.88 Å². The van der Waals surface area contributed by atoms with Gasteiger partial charge in [0.15, 0.2) is 10.6 Å². The van der Waals surface area contributed by atoms with Crippen molar-refractivity contribution < 1.29 is 14.3 Å². The number of piperidine rings is 1. The molecule has 0 saturated carbocycles. The van der Waals surface area contributed by atoms with Gasteiger partial charge in [-0.1, -0.05) is 11.8 Å². The molecule has 0 spiro atoms. The van der Waals surface area contributed by atoms with Crippen LogP contribution in [0.4, 0.5) is 5.69 Å². The molecule has 1 N–H and O–H groups in total. The first-order chi connectivity index (χ1) is 13.7. The Kier molecular flexibility index (Phi) is 6.85. The zero-order valence-corrected chi connectivity index (χ0v) is 17.8. The van der Waals surface area contributed by atoms with Crippen LogP contribution in [0, 0.1) is 5.92 Å². The van der Waals surface area contributed by atoms with Gasteiger partial charge in [0, 0.05) is 24.4 Å². The second-order valence-electron chi connectivity index (χ2n) is 7.41.